The second-order valence-corrected chi connectivity index (χ2v) is 0.316. The van der Waals surface area contributed by atoms with Gasteiger partial charge in [0.25, 0.3) is 0 Å². The maximum Gasteiger partial charge on any atom is 0 e. The molecule has 0 aliphatic carbocycles. The van der Waals surface area contributed by atoms with E-state index in [9.17, 15) is 0 Å². The van der Waals surface area contributed by atoms with Crippen molar-refractivity contribution in [3.63, 3.8) is 0 Å². The largest absolute Gasteiger partial charge is 0 e. The molecule has 36 valence electrons. The Morgan fingerprint density at radius 2 is 1.60 bits per heavy atom. The van der Waals surface area contributed by atoms with Gasteiger partial charge in [-0.3, -0.25) is 0 Å². The molecule has 3 heteroatoms. The van der Waals surface area contributed by atoms with Crippen molar-refractivity contribution in [2.45, 2.75) is 6.92 Å². The fraction of sp³-hybridized carbons (Fsp3) is 1.00. The molecule has 0 atom stereocenters. The number of rotatable bonds is 0. The predicted octanol–water partition coefficient (Wildman–Crippen LogP) is -1.19. The van der Waals surface area contributed by atoms with Crippen LogP contribution in [0.2, 0.25) is 0 Å². The van der Waals surface area contributed by atoms with Crippen LogP contribution >= 0.6 is 0 Å². The van der Waals surface area contributed by atoms with E-state index in [1.165, 1.54) is 0 Å². The molecule has 0 rings (SSSR count). The molecule has 5 heavy (non-hydrogen) atoms. The minimum absolute atomic E-state index is 0. The third kappa shape index (κ3) is 29.6. The van der Waals surface area contributed by atoms with Crippen LogP contribution in [0.15, 0.2) is 0 Å². The quantitative estimate of drug-likeness (QED) is 0.577. The molecule has 0 aromatic heterocycles. The zero-order valence-electron chi connectivity index (χ0n) is 2.47. The predicted molar refractivity (Wildman–Crippen MR) is 22.7 cm³/mol. The van der Waals surface area contributed by atoms with Gasteiger partial charge in [0.05, 0.1) is 0 Å². The molecule has 0 fully saturated rings. The van der Waals surface area contributed by atoms with Crippen molar-refractivity contribution in [1.82, 2.24) is 0 Å². The van der Waals surface area contributed by atoms with Crippen molar-refractivity contribution < 1.29 is 26.2 Å². The number of aliphatic hydroxyl groups excluding tert-OH is 1. The molecule has 1 nitrogen and oxygen atoms in total. The average Bonchev–Trinajstić information content (AvgIpc) is 0.918. The van der Waals surface area contributed by atoms with E-state index in [0.29, 0.717) is 0 Å². The van der Waals surface area contributed by atoms with Crippen LogP contribution in [0.5, 0.6) is 0 Å². The maximum absolute atomic E-state index is 7.57. The fourth-order valence-electron chi connectivity index (χ4n) is 0. The summed E-state index contributed by atoms with van der Waals surface area (Å²) in [5, 5.41) is 7.57. The van der Waals surface area contributed by atoms with Crippen LogP contribution in [-0.2, 0) is 21.1 Å². The zero-order chi connectivity index (χ0) is 2.71. The summed E-state index contributed by atoms with van der Waals surface area (Å²) in [5.74, 6) is 0. The van der Waals surface area contributed by atoms with E-state index in [4.69, 9.17) is 5.11 Å². The molecule has 0 saturated heterocycles. The van der Waals surface area contributed by atoms with Gasteiger partial charge in [0.2, 0.25) is 0 Å². The molecular weight excluding hydrogens is 350 g/mol. The molecule has 0 heterocycles. The van der Waals surface area contributed by atoms with Crippen LogP contribution < -0.4 is 0 Å². The first kappa shape index (κ1) is 16.0. The maximum atomic E-state index is 7.57. The molecule has 0 saturated carbocycles. The summed E-state index contributed by atoms with van der Waals surface area (Å²) in [4.78, 5) is 0. The Hall–Kier alpha value is 1.52. The first-order valence-electron chi connectivity index (χ1n) is 1.02. The molecule has 0 unspecified atom stereocenters. The van der Waals surface area contributed by atoms with Crippen molar-refractivity contribution >= 4 is 25.8 Å². The second kappa shape index (κ2) is 17.8. The second-order valence-electron chi connectivity index (χ2n) is 0.316. The molecule has 0 aliphatic heterocycles. The SMILES string of the molecule is CCO.[InH3].[Pt]. The van der Waals surface area contributed by atoms with Crippen molar-refractivity contribution in [1.29, 1.82) is 0 Å². The van der Waals surface area contributed by atoms with Gasteiger partial charge >= 0.3 is 25.8 Å². The van der Waals surface area contributed by atoms with Crippen molar-refractivity contribution in [2.24, 2.45) is 0 Å². The van der Waals surface area contributed by atoms with Crippen molar-refractivity contribution in [2.75, 3.05) is 6.61 Å². The van der Waals surface area contributed by atoms with Gasteiger partial charge in [-0.15, -0.1) is 0 Å². The first-order valence-corrected chi connectivity index (χ1v) is 1.02. The Bertz CT molecular complexity index is 9.61. The minimum atomic E-state index is 0. The standard InChI is InChI=1S/C2H6O.In.Pt.3H/c1-2-3;;;;;/h3H,2H2,1H3;;;;;. The van der Waals surface area contributed by atoms with E-state index in [1.807, 2.05) is 0 Å². The third-order valence-corrected chi connectivity index (χ3v) is 0. The summed E-state index contributed by atoms with van der Waals surface area (Å²) >= 11 is 0. The van der Waals surface area contributed by atoms with E-state index in [-0.39, 0.29) is 53.5 Å². The van der Waals surface area contributed by atoms with E-state index >= 15 is 0 Å². The molecular formula is C2H9InOPt. The normalized spacial score (nSPS) is 3.60. The average molecular weight is 359 g/mol. The van der Waals surface area contributed by atoms with Crippen LogP contribution in [0, 0.1) is 0 Å². The first-order chi connectivity index (χ1) is 1.41. The van der Waals surface area contributed by atoms with Crippen LogP contribution in [0.4, 0.5) is 0 Å². The van der Waals surface area contributed by atoms with Gasteiger partial charge in [0.1, 0.15) is 0 Å². The topological polar surface area (TPSA) is 20.2 Å². The molecule has 0 aromatic carbocycles. The minimum Gasteiger partial charge on any atom is 0 e. The Kier molecular flexibility index (Phi) is 57.0. The molecule has 1 N–H and O–H groups in total. The summed E-state index contributed by atoms with van der Waals surface area (Å²) in [6.07, 6.45) is 0. The van der Waals surface area contributed by atoms with Gasteiger partial charge in [0, 0.05) is 27.7 Å². The number of aliphatic hydroxyl groups is 1. The smallest absolute Gasteiger partial charge is 0 e. The van der Waals surface area contributed by atoms with E-state index in [1.54, 1.807) is 6.92 Å². The molecule has 0 aliphatic rings. The summed E-state index contributed by atoms with van der Waals surface area (Å²) in [6, 6.07) is 0. The molecule has 0 spiro atoms. The van der Waals surface area contributed by atoms with E-state index in [0.717, 1.165) is 0 Å². The van der Waals surface area contributed by atoms with Gasteiger partial charge in [-0.05, 0) is 6.92 Å². The molecule has 0 aromatic rings. The molecule has 0 amide bonds. The van der Waals surface area contributed by atoms with Crippen molar-refractivity contribution in [3.8, 4) is 0 Å². The van der Waals surface area contributed by atoms with Gasteiger partial charge in [0.15, 0.2) is 0 Å². The Morgan fingerprint density at radius 1 is 1.60 bits per heavy atom. The summed E-state index contributed by atoms with van der Waals surface area (Å²) < 4.78 is 0. The third-order valence-electron chi connectivity index (χ3n) is 0. The van der Waals surface area contributed by atoms with E-state index < -0.39 is 0 Å². The fourth-order valence-corrected chi connectivity index (χ4v) is 0. The zero-order valence-corrected chi connectivity index (χ0v) is 4.74. The van der Waals surface area contributed by atoms with Gasteiger partial charge < -0.3 is 5.11 Å². The monoisotopic (exact) mass is 359 g/mol. The van der Waals surface area contributed by atoms with Gasteiger partial charge in [-0.2, -0.15) is 0 Å². The van der Waals surface area contributed by atoms with Crippen molar-refractivity contribution in [3.05, 3.63) is 0 Å². The van der Waals surface area contributed by atoms with Gasteiger partial charge in [-0.25, -0.2) is 0 Å². The Labute approximate surface area is 65.2 Å². The van der Waals surface area contributed by atoms with Crippen LogP contribution in [0.3, 0.4) is 0 Å². The van der Waals surface area contributed by atoms with E-state index in [2.05, 4.69) is 0 Å². The summed E-state index contributed by atoms with van der Waals surface area (Å²) in [7, 11) is 0. The summed E-state index contributed by atoms with van der Waals surface area (Å²) in [5.41, 5.74) is 0. The van der Waals surface area contributed by atoms with Crippen LogP contribution in [0.1, 0.15) is 6.92 Å². The summed E-state index contributed by atoms with van der Waals surface area (Å²) in [6.45, 7) is 1.93. The van der Waals surface area contributed by atoms with Gasteiger partial charge in [-0.1, -0.05) is 0 Å². The number of hydrogen-bond acceptors (Lipinski definition) is 1. The van der Waals surface area contributed by atoms with Crippen LogP contribution in [-0.4, -0.2) is 37.6 Å². The molecule has 0 radical (unpaired) electrons. The Balaban J connectivity index is -0.0000000200. The van der Waals surface area contributed by atoms with Crippen LogP contribution in [0.25, 0.3) is 0 Å². The number of hydrogen-bond donors (Lipinski definition) is 1. The Morgan fingerprint density at radius 3 is 1.60 bits per heavy atom. The molecule has 0 bridgehead atoms.